The van der Waals surface area contributed by atoms with Crippen LogP contribution in [0.2, 0.25) is 0 Å². The molecule has 1 heterocycles. The van der Waals surface area contributed by atoms with Gasteiger partial charge in [-0.3, -0.25) is 0 Å². The van der Waals surface area contributed by atoms with Gasteiger partial charge in [-0.2, -0.15) is 0 Å². The molecule has 0 aromatic heterocycles. The van der Waals surface area contributed by atoms with Crippen molar-refractivity contribution in [1.29, 1.82) is 0 Å². The number of rotatable bonds is 2. The zero-order valence-corrected chi connectivity index (χ0v) is 10.5. The van der Waals surface area contributed by atoms with Crippen molar-refractivity contribution in [3.8, 4) is 11.5 Å². The minimum Gasteiger partial charge on any atom is -0.493 e. The predicted molar refractivity (Wildman–Crippen MR) is 68.1 cm³/mol. The van der Waals surface area contributed by atoms with E-state index >= 15 is 0 Å². The van der Waals surface area contributed by atoms with E-state index in [1.165, 1.54) is 0 Å². The summed E-state index contributed by atoms with van der Waals surface area (Å²) in [7, 11) is 1.56. The summed E-state index contributed by atoms with van der Waals surface area (Å²) >= 11 is 0. The van der Waals surface area contributed by atoms with Gasteiger partial charge in [-0.15, -0.1) is 0 Å². The van der Waals surface area contributed by atoms with Crippen molar-refractivity contribution >= 4 is 6.09 Å². The van der Waals surface area contributed by atoms with Crippen LogP contribution in [0.5, 0.6) is 11.5 Å². The lowest BCUT2D eigenvalue weighted by atomic mass is 10.3. The topological polar surface area (TPSA) is 50.8 Å². The highest BCUT2D eigenvalue weighted by Crippen LogP contribution is 2.26. The van der Waals surface area contributed by atoms with Crippen LogP contribution >= 0.6 is 0 Å². The number of nitrogens with one attached hydrogen (secondary N) is 1. The van der Waals surface area contributed by atoms with Gasteiger partial charge in [-0.25, -0.2) is 4.79 Å². The molecule has 5 heteroatoms. The van der Waals surface area contributed by atoms with E-state index in [1.807, 2.05) is 12.1 Å². The summed E-state index contributed by atoms with van der Waals surface area (Å²) in [5, 5.41) is 3.24. The molecule has 0 radical (unpaired) electrons. The van der Waals surface area contributed by atoms with E-state index in [0.717, 1.165) is 26.1 Å². The van der Waals surface area contributed by atoms with Gasteiger partial charge in [0, 0.05) is 19.6 Å². The number of carbonyl (C=O) groups excluding carboxylic acids is 1. The summed E-state index contributed by atoms with van der Waals surface area (Å²) in [5.41, 5.74) is 0. The van der Waals surface area contributed by atoms with Crippen LogP contribution in [0.4, 0.5) is 4.79 Å². The van der Waals surface area contributed by atoms with Crippen molar-refractivity contribution in [3.63, 3.8) is 0 Å². The Morgan fingerprint density at radius 3 is 2.78 bits per heavy atom. The van der Waals surface area contributed by atoms with Crippen molar-refractivity contribution < 1.29 is 14.3 Å². The molecule has 1 N–H and O–H groups in total. The fourth-order valence-corrected chi connectivity index (χ4v) is 1.89. The molecule has 0 saturated carbocycles. The van der Waals surface area contributed by atoms with Gasteiger partial charge in [-0.1, -0.05) is 12.1 Å². The number of nitrogens with zero attached hydrogens (tertiary/aromatic N) is 1. The van der Waals surface area contributed by atoms with Gasteiger partial charge >= 0.3 is 6.09 Å². The molecule has 1 aliphatic rings. The van der Waals surface area contributed by atoms with Crippen molar-refractivity contribution in [2.75, 3.05) is 33.3 Å². The first-order chi connectivity index (χ1) is 8.81. The minimum atomic E-state index is -0.316. The molecule has 2 rings (SSSR count). The van der Waals surface area contributed by atoms with Gasteiger partial charge in [0.15, 0.2) is 11.5 Å². The Morgan fingerprint density at radius 1 is 1.22 bits per heavy atom. The molecule has 0 atom stereocenters. The summed E-state index contributed by atoms with van der Waals surface area (Å²) in [6.07, 6.45) is 0.629. The summed E-state index contributed by atoms with van der Waals surface area (Å²) in [6.45, 7) is 3.15. The van der Waals surface area contributed by atoms with Crippen molar-refractivity contribution in [1.82, 2.24) is 10.2 Å². The van der Waals surface area contributed by atoms with Gasteiger partial charge < -0.3 is 19.7 Å². The molecule has 1 amide bonds. The van der Waals surface area contributed by atoms with E-state index in [9.17, 15) is 4.79 Å². The third-order valence-electron chi connectivity index (χ3n) is 2.86. The van der Waals surface area contributed by atoms with Crippen LogP contribution in [0.1, 0.15) is 6.42 Å². The molecule has 1 aromatic rings. The molecule has 18 heavy (non-hydrogen) atoms. The summed E-state index contributed by atoms with van der Waals surface area (Å²) < 4.78 is 10.5. The normalized spacial score (nSPS) is 15.9. The predicted octanol–water partition coefficient (Wildman–Crippen LogP) is 1.49. The lowest BCUT2D eigenvalue weighted by molar-refractivity contribution is 0.153. The first-order valence-corrected chi connectivity index (χ1v) is 6.12. The molecule has 1 aromatic carbocycles. The van der Waals surface area contributed by atoms with Gasteiger partial charge in [-0.05, 0) is 25.1 Å². The number of amides is 1. The lowest BCUT2D eigenvalue weighted by Crippen LogP contribution is -2.36. The summed E-state index contributed by atoms with van der Waals surface area (Å²) in [4.78, 5) is 13.7. The van der Waals surface area contributed by atoms with Gasteiger partial charge in [0.1, 0.15) is 0 Å². The van der Waals surface area contributed by atoms with Crippen molar-refractivity contribution in [3.05, 3.63) is 24.3 Å². The first kappa shape index (κ1) is 12.7. The Bertz CT molecular complexity index is 401. The number of para-hydroxylation sites is 2. The van der Waals surface area contributed by atoms with Crippen LogP contribution in [0.3, 0.4) is 0 Å². The van der Waals surface area contributed by atoms with Crippen LogP contribution in [0.25, 0.3) is 0 Å². The molecular weight excluding hydrogens is 232 g/mol. The van der Waals surface area contributed by atoms with Crippen molar-refractivity contribution in [2.45, 2.75) is 6.42 Å². The largest absolute Gasteiger partial charge is 0.493 e. The zero-order chi connectivity index (χ0) is 12.8. The van der Waals surface area contributed by atoms with E-state index in [4.69, 9.17) is 9.47 Å². The van der Waals surface area contributed by atoms with E-state index in [-0.39, 0.29) is 6.09 Å². The Labute approximate surface area is 107 Å². The fraction of sp³-hybridized carbons (Fsp3) is 0.462. The average Bonchev–Trinajstić information content (AvgIpc) is 2.68. The number of hydrogen-bond donors (Lipinski definition) is 1. The van der Waals surface area contributed by atoms with Crippen LogP contribution in [0, 0.1) is 0 Å². The third kappa shape index (κ3) is 3.13. The highest BCUT2D eigenvalue weighted by Gasteiger charge is 2.18. The second-order valence-corrected chi connectivity index (χ2v) is 4.11. The quantitative estimate of drug-likeness (QED) is 0.864. The highest BCUT2D eigenvalue weighted by molar-refractivity contribution is 5.71. The van der Waals surface area contributed by atoms with E-state index < -0.39 is 0 Å². The zero-order valence-electron chi connectivity index (χ0n) is 10.5. The Kier molecular flexibility index (Phi) is 4.41. The number of benzene rings is 1. The van der Waals surface area contributed by atoms with Crippen molar-refractivity contribution in [2.24, 2.45) is 0 Å². The monoisotopic (exact) mass is 250 g/mol. The van der Waals surface area contributed by atoms with Crippen LogP contribution < -0.4 is 14.8 Å². The molecule has 0 unspecified atom stereocenters. The molecule has 98 valence electrons. The van der Waals surface area contributed by atoms with Crippen LogP contribution in [-0.4, -0.2) is 44.3 Å². The minimum absolute atomic E-state index is 0.316. The van der Waals surface area contributed by atoms with Crippen LogP contribution in [-0.2, 0) is 0 Å². The molecule has 1 fully saturated rings. The molecule has 1 saturated heterocycles. The Morgan fingerprint density at radius 2 is 2.00 bits per heavy atom. The van der Waals surface area contributed by atoms with E-state index in [2.05, 4.69) is 5.32 Å². The van der Waals surface area contributed by atoms with Gasteiger partial charge in [0.25, 0.3) is 0 Å². The molecule has 0 aliphatic carbocycles. The maximum absolute atomic E-state index is 12.0. The number of ether oxygens (including phenoxy) is 2. The summed E-state index contributed by atoms with van der Waals surface area (Å²) in [6, 6.07) is 7.15. The smallest absolute Gasteiger partial charge is 0.415 e. The van der Waals surface area contributed by atoms with Gasteiger partial charge in [0.05, 0.1) is 7.11 Å². The van der Waals surface area contributed by atoms with Gasteiger partial charge in [0.2, 0.25) is 0 Å². The fourth-order valence-electron chi connectivity index (χ4n) is 1.89. The summed E-state index contributed by atoms with van der Waals surface area (Å²) in [5.74, 6) is 1.03. The molecular formula is C13H18N2O3. The molecule has 5 nitrogen and oxygen atoms in total. The maximum atomic E-state index is 12.0. The van der Waals surface area contributed by atoms with E-state index in [1.54, 1.807) is 24.1 Å². The second-order valence-electron chi connectivity index (χ2n) is 4.11. The average molecular weight is 250 g/mol. The molecule has 1 aliphatic heterocycles. The SMILES string of the molecule is COc1ccccc1OC(=O)N1CCCNCC1. The second kappa shape index (κ2) is 6.26. The third-order valence-corrected chi connectivity index (χ3v) is 2.86. The number of methoxy groups -OCH3 is 1. The van der Waals surface area contributed by atoms with Crippen LogP contribution in [0.15, 0.2) is 24.3 Å². The van der Waals surface area contributed by atoms with E-state index in [0.29, 0.717) is 18.0 Å². The lowest BCUT2D eigenvalue weighted by Gasteiger charge is -2.19. The first-order valence-electron chi connectivity index (χ1n) is 6.12. The highest BCUT2D eigenvalue weighted by atomic mass is 16.6. The number of carbonyl (C=O) groups is 1. The Balaban J connectivity index is 2.01. The Hall–Kier alpha value is -1.75. The maximum Gasteiger partial charge on any atom is 0.415 e. The molecule has 0 spiro atoms. The standard InChI is InChI=1S/C13H18N2O3/c1-17-11-5-2-3-6-12(11)18-13(16)15-9-4-7-14-8-10-15/h2-3,5-6,14H,4,7-10H2,1H3. The molecule has 0 bridgehead atoms. The number of hydrogen-bond acceptors (Lipinski definition) is 4.